The molecule has 0 unspecified atom stereocenters. The molecule has 0 N–H and O–H groups in total. The summed E-state index contributed by atoms with van der Waals surface area (Å²) >= 11 is 0. The summed E-state index contributed by atoms with van der Waals surface area (Å²) in [7, 11) is 1.71. The lowest BCUT2D eigenvalue weighted by Crippen LogP contribution is -2.57. The first-order valence-corrected chi connectivity index (χ1v) is 10.3. The molecule has 0 radical (unpaired) electrons. The first-order chi connectivity index (χ1) is 13.4. The number of aryl methyl sites for hydroxylation is 1. The van der Waals surface area contributed by atoms with Crippen molar-refractivity contribution in [2.45, 2.75) is 58.0 Å². The summed E-state index contributed by atoms with van der Waals surface area (Å²) in [6.45, 7) is 3.62. The monoisotopic (exact) mass is 381 g/mol. The van der Waals surface area contributed by atoms with Gasteiger partial charge in [-0.1, -0.05) is 19.1 Å². The van der Waals surface area contributed by atoms with E-state index in [-0.39, 0.29) is 23.2 Å². The summed E-state index contributed by atoms with van der Waals surface area (Å²) in [6, 6.07) is 6.43. The summed E-state index contributed by atoms with van der Waals surface area (Å²) in [5, 5.41) is 1.31. The molecule has 0 bridgehead atoms. The number of ether oxygens (including phenoxy) is 1. The molecule has 0 saturated heterocycles. The van der Waals surface area contributed by atoms with Crippen LogP contribution in [-0.4, -0.2) is 30.0 Å². The molecule has 1 aromatic rings. The van der Waals surface area contributed by atoms with Crippen molar-refractivity contribution in [1.29, 1.82) is 0 Å². The van der Waals surface area contributed by atoms with Crippen LogP contribution in [0.1, 0.15) is 56.6 Å². The van der Waals surface area contributed by atoms with Crippen LogP contribution in [0.15, 0.2) is 30.5 Å². The molecule has 1 heterocycles. The molecule has 1 amide bonds. The second-order valence-electron chi connectivity index (χ2n) is 9.00. The third-order valence-electron chi connectivity index (χ3n) is 8.04. The molecule has 1 spiro atoms. The van der Waals surface area contributed by atoms with Crippen molar-refractivity contribution in [3.63, 3.8) is 0 Å². The SMILES string of the molecule is COc1ccc2c(c1)CC[C@@H]1[C@@H]2CC[C@]2(C)C(=O)C[C@H]3ON(C(C)=O)C=C[C@]132. The highest BCUT2D eigenvalue weighted by molar-refractivity contribution is 5.90. The highest BCUT2D eigenvalue weighted by Crippen LogP contribution is 2.68. The average Bonchev–Trinajstić information content (AvgIpc) is 2.94. The lowest BCUT2D eigenvalue weighted by atomic mass is 9.47. The van der Waals surface area contributed by atoms with E-state index in [1.165, 1.54) is 23.1 Å². The first kappa shape index (κ1) is 17.9. The van der Waals surface area contributed by atoms with Crippen molar-refractivity contribution >= 4 is 11.7 Å². The van der Waals surface area contributed by atoms with Crippen molar-refractivity contribution in [3.05, 3.63) is 41.6 Å². The second kappa shape index (κ2) is 5.93. The third kappa shape index (κ3) is 2.11. The molecular weight excluding hydrogens is 354 g/mol. The van der Waals surface area contributed by atoms with E-state index in [9.17, 15) is 9.59 Å². The van der Waals surface area contributed by atoms with Crippen LogP contribution in [0.4, 0.5) is 0 Å². The van der Waals surface area contributed by atoms with E-state index >= 15 is 0 Å². The van der Waals surface area contributed by atoms with E-state index in [1.807, 2.05) is 0 Å². The van der Waals surface area contributed by atoms with Gasteiger partial charge < -0.3 is 4.74 Å². The second-order valence-corrected chi connectivity index (χ2v) is 9.00. The number of Topliss-reactive ketones (excluding diaryl/α,β-unsaturated/α-hetero) is 1. The number of hydrogen-bond acceptors (Lipinski definition) is 4. The molecule has 1 aromatic carbocycles. The molecule has 2 fully saturated rings. The summed E-state index contributed by atoms with van der Waals surface area (Å²) in [5.41, 5.74) is 2.01. The van der Waals surface area contributed by atoms with Gasteiger partial charge in [-0.3, -0.25) is 14.4 Å². The van der Waals surface area contributed by atoms with Gasteiger partial charge in [0.25, 0.3) is 0 Å². The zero-order chi connectivity index (χ0) is 19.7. The molecular formula is C23H27NO4. The summed E-state index contributed by atoms with van der Waals surface area (Å²) in [6.07, 6.45) is 7.94. The van der Waals surface area contributed by atoms with Crippen LogP contribution < -0.4 is 4.74 Å². The fraction of sp³-hybridized carbons (Fsp3) is 0.565. The Morgan fingerprint density at radius 2 is 2.14 bits per heavy atom. The standard InChI is InChI=1S/C23H27NO4/c1-14(25)24-11-10-23-19-7-4-15-12-16(27-3)5-6-17(15)18(19)8-9-22(23,2)20(26)13-21(23)28-24/h5-6,10-12,18-19,21H,4,7-9,13H2,1-3H3/t18-,19-,21-,22-,23+/m1/s1. The molecule has 0 aromatic heterocycles. The van der Waals surface area contributed by atoms with Gasteiger partial charge in [0.1, 0.15) is 17.6 Å². The Kier molecular flexibility index (Phi) is 3.80. The number of methoxy groups -OCH3 is 1. The molecule has 5 heteroatoms. The van der Waals surface area contributed by atoms with Crippen LogP contribution in [-0.2, 0) is 20.8 Å². The Bertz CT molecular complexity index is 893. The molecule has 1 aliphatic heterocycles. The van der Waals surface area contributed by atoms with E-state index in [4.69, 9.17) is 9.57 Å². The van der Waals surface area contributed by atoms with Crippen molar-refractivity contribution in [2.75, 3.05) is 7.11 Å². The van der Waals surface area contributed by atoms with Crippen LogP contribution in [0.3, 0.4) is 0 Å². The summed E-state index contributed by atoms with van der Waals surface area (Å²) in [5.74, 6) is 1.79. The number of hydroxylamine groups is 2. The summed E-state index contributed by atoms with van der Waals surface area (Å²) in [4.78, 5) is 31.1. The maximum absolute atomic E-state index is 13.1. The largest absolute Gasteiger partial charge is 0.497 e. The number of nitrogens with zero attached hydrogens (tertiary/aromatic N) is 1. The number of fused-ring (bicyclic) bond motifs is 3. The summed E-state index contributed by atoms with van der Waals surface area (Å²) < 4.78 is 5.42. The molecule has 3 aliphatic carbocycles. The molecule has 2 saturated carbocycles. The van der Waals surface area contributed by atoms with Crippen LogP contribution in [0.25, 0.3) is 0 Å². The fourth-order valence-corrected chi connectivity index (χ4v) is 6.63. The van der Waals surface area contributed by atoms with Gasteiger partial charge in [0.05, 0.1) is 7.11 Å². The molecule has 4 aliphatic rings. The maximum atomic E-state index is 13.1. The van der Waals surface area contributed by atoms with Gasteiger partial charge in [0.15, 0.2) is 0 Å². The van der Waals surface area contributed by atoms with E-state index in [1.54, 1.807) is 13.3 Å². The minimum atomic E-state index is -0.414. The minimum Gasteiger partial charge on any atom is -0.497 e. The normalized spacial score (nSPS) is 38.3. The molecule has 28 heavy (non-hydrogen) atoms. The zero-order valence-electron chi connectivity index (χ0n) is 16.7. The number of hydrogen-bond donors (Lipinski definition) is 0. The average molecular weight is 381 g/mol. The highest BCUT2D eigenvalue weighted by atomic mass is 16.7. The highest BCUT2D eigenvalue weighted by Gasteiger charge is 2.69. The number of amides is 1. The Hall–Kier alpha value is -2.14. The first-order valence-electron chi connectivity index (χ1n) is 10.3. The Labute approximate surface area is 165 Å². The fourth-order valence-electron chi connectivity index (χ4n) is 6.63. The van der Waals surface area contributed by atoms with Crippen molar-refractivity contribution < 1.29 is 19.2 Å². The lowest BCUT2D eigenvalue weighted by molar-refractivity contribution is -0.226. The quantitative estimate of drug-likeness (QED) is 0.743. The van der Waals surface area contributed by atoms with Crippen LogP contribution in [0.5, 0.6) is 5.75 Å². The van der Waals surface area contributed by atoms with Gasteiger partial charge >= 0.3 is 0 Å². The van der Waals surface area contributed by atoms with Gasteiger partial charge in [-0.25, -0.2) is 0 Å². The van der Waals surface area contributed by atoms with Crippen molar-refractivity contribution in [1.82, 2.24) is 5.06 Å². The zero-order valence-corrected chi connectivity index (χ0v) is 16.7. The predicted molar refractivity (Wildman–Crippen MR) is 103 cm³/mol. The number of carbonyl (C=O) groups excluding carboxylic acids is 2. The molecule has 5 rings (SSSR count). The Balaban J connectivity index is 1.62. The predicted octanol–water partition coefficient (Wildman–Crippen LogP) is 3.78. The maximum Gasteiger partial charge on any atom is 0.247 e. The van der Waals surface area contributed by atoms with Crippen LogP contribution in [0.2, 0.25) is 0 Å². The van der Waals surface area contributed by atoms with E-state index in [0.717, 1.165) is 31.4 Å². The molecule has 148 valence electrons. The van der Waals surface area contributed by atoms with E-state index in [2.05, 4.69) is 31.2 Å². The Morgan fingerprint density at radius 1 is 1.32 bits per heavy atom. The van der Waals surface area contributed by atoms with Crippen LogP contribution >= 0.6 is 0 Å². The van der Waals surface area contributed by atoms with Gasteiger partial charge in [-0.05, 0) is 60.8 Å². The van der Waals surface area contributed by atoms with Gasteiger partial charge in [0.2, 0.25) is 5.91 Å². The van der Waals surface area contributed by atoms with E-state index in [0.29, 0.717) is 18.3 Å². The molecule has 5 atom stereocenters. The van der Waals surface area contributed by atoms with Crippen molar-refractivity contribution in [3.8, 4) is 5.75 Å². The topological polar surface area (TPSA) is 55.8 Å². The minimum absolute atomic E-state index is 0.152. The Morgan fingerprint density at radius 3 is 2.89 bits per heavy atom. The number of ketones is 1. The number of rotatable bonds is 1. The van der Waals surface area contributed by atoms with Gasteiger partial charge in [-0.15, -0.1) is 0 Å². The number of benzene rings is 1. The molecule has 5 nitrogen and oxygen atoms in total. The smallest absolute Gasteiger partial charge is 0.247 e. The third-order valence-corrected chi connectivity index (χ3v) is 8.04. The lowest BCUT2D eigenvalue weighted by Gasteiger charge is -2.58. The van der Waals surface area contributed by atoms with Gasteiger partial charge in [0, 0.05) is 30.4 Å². The number of carbonyl (C=O) groups is 2. The van der Waals surface area contributed by atoms with E-state index < -0.39 is 5.41 Å². The van der Waals surface area contributed by atoms with Crippen molar-refractivity contribution in [2.24, 2.45) is 16.7 Å². The van der Waals surface area contributed by atoms with Crippen LogP contribution in [0, 0.1) is 16.7 Å². The van der Waals surface area contributed by atoms with Gasteiger partial charge in [-0.2, -0.15) is 5.06 Å².